The molecule has 0 aliphatic heterocycles. The monoisotopic (exact) mass is 564 g/mol. The molecule has 39 heavy (non-hydrogen) atoms. The fraction of sp³-hybridized carbons (Fsp3) is 0.118. The maximum absolute atomic E-state index is 11.9. The van der Waals surface area contributed by atoms with Crippen LogP contribution < -0.4 is 10.2 Å². The molecule has 0 bridgehead atoms. The summed E-state index contributed by atoms with van der Waals surface area (Å²) < 4.78 is 0. The van der Waals surface area contributed by atoms with Gasteiger partial charge in [0.15, 0.2) is 0 Å². The predicted octanol–water partition coefficient (Wildman–Crippen LogP) is 6.10. The standard InChI is InChI=1S/2C17H17NO.Zn/c2*1-14(18-13-15-8-4-2-5-9-15)12-17(19)16-10-6-3-7-11-16;/h2*2-12,19H,13H2,1H3;/q;;+2/p-2/b2*17-12-,18-14?;. The van der Waals surface area contributed by atoms with Crippen molar-refractivity contribution >= 4 is 22.9 Å². The van der Waals surface area contributed by atoms with Crippen molar-refractivity contribution in [3.05, 3.63) is 156 Å². The first kappa shape index (κ1) is 31.1. The molecule has 4 nitrogen and oxygen atoms in total. The van der Waals surface area contributed by atoms with E-state index >= 15 is 0 Å². The van der Waals surface area contributed by atoms with E-state index in [1.807, 2.05) is 135 Å². The van der Waals surface area contributed by atoms with E-state index in [1.165, 1.54) is 0 Å². The molecule has 5 heteroatoms. The Bertz CT molecular complexity index is 1260. The molecule has 4 rings (SSSR count). The van der Waals surface area contributed by atoms with Crippen molar-refractivity contribution in [1.82, 2.24) is 0 Å². The van der Waals surface area contributed by atoms with Crippen LogP contribution in [0.3, 0.4) is 0 Å². The van der Waals surface area contributed by atoms with Gasteiger partial charge >= 0.3 is 19.5 Å². The summed E-state index contributed by atoms with van der Waals surface area (Å²) in [6.07, 6.45) is 3.16. The Balaban J connectivity index is 0.000000267. The fourth-order valence-electron chi connectivity index (χ4n) is 3.44. The Morgan fingerprint density at radius 2 is 0.795 bits per heavy atom. The van der Waals surface area contributed by atoms with Crippen LogP contribution >= 0.6 is 0 Å². The topological polar surface area (TPSA) is 70.8 Å². The van der Waals surface area contributed by atoms with Crippen LogP contribution in [0, 0.1) is 0 Å². The van der Waals surface area contributed by atoms with E-state index in [-0.39, 0.29) is 31.0 Å². The van der Waals surface area contributed by atoms with Gasteiger partial charge in [-0.1, -0.05) is 133 Å². The van der Waals surface area contributed by atoms with E-state index in [0.717, 1.165) is 22.6 Å². The zero-order chi connectivity index (χ0) is 27.0. The number of nitrogens with zero attached hydrogens (tertiary/aromatic N) is 2. The maximum Gasteiger partial charge on any atom is 2.00 e. The molecular formula is C34H32N2O2Zn. The van der Waals surface area contributed by atoms with Gasteiger partial charge in [-0.15, -0.1) is 0 Å². The number of aliphatic imine (C=N–C) groups is 2. The molecule has 0 radical (unpaired) electrons. The van der Waals surface area contributed by atoms with E-state index < -0.39 is 0 Å². The predicted molar refractivity (Wildman–Crippen MR) is 155 cm³/mol. The second-order valence-electron chi connectivity index (χ2n) is 8.64. The third kappa shape index (κ3) is 11.9. The minimum atomic E-state index is -0.00471. The summed E-state index contributed by atoms with van der Waals surface area (Å²) in [5.41, 5.74) is 5.16. The van der Waals surface area contributed by atoms with Gasteiger partial charge in [0, 0.05) is 11.4 Å². The molecular weight excluding hydrogens is 534 g/mol. The van der Waals surface area contributed by atoms with Crippen LogP contribution in [0.2, 0.25) is 0 Å². The summed E-state index contributed by atoms with van der Waals surface area (Å²) >= 11 is 0. The molecule has 0 spiro atoms. The van der Waals surface area contributed by atoms with Crippen LogP contribution in [0.15, 0.2) is 143 Å². The molecule has 0 aliphatic carbocycles. The van der Waals surface area contributed by atoms with Gasteiger partial charge < -0.3 is 10.2 Å². The van der Waals surface area contributed by atoms with Crippen molar-refractivity contribution < 1.29 is 29.7 Å². The molecule has 0 aromatic heterocycles. The minimum absolute atomic E-state index is 0. The Morgan fingerprint density at radius 1 is 0.513 bits per heavy atom. The Morgan fingerprint density at radius 3 is 1.10 bits per heavy atom. The molecule has 0 amide bonds. The largest absolute Gasteiger partial charge is 2.00 e. The molecule has 4 aromatic rings. The fourth-order valence-corrected chi connectivity index (χ4v) is 3.44. The van der Waals surface area contributed by atoms with Gasteiger partial charge in [-0.3, -0.25) is 9.98 Å². The zero-order valence-corrected chi connectivity index (χ0v) is 25.5. The van der Waals surface area contributed by atoms with E-state index in [0.29, 0.717) is 24.2 Å². The molecule has 0 saturated heterocycles. The van der Waals surface area contributed by atoms with Crippen molar-refractivity contribution in [2.24, 2.45) is 9.98 Å². The molecule has 0 fully saturated rings. The number of allylic oxidation sites excluding steroid dienone is 2. The molecule has 0 N–H and O–H groups in total. The molecule has 0 heterocycles. The summed E-state index contributed by atoms with van der Waals surface area (Å²) in [6, 6.07) is 38.5. The van der Waals surface area contributed by atoms with Crippen LogP contribution in [0.5, 0.6) is 0 Å². The van der Waals surface area contributed by atoms with Crippen LogP contribution in [0.25, 0.3) is 11.5 Å². The van der Waals surface area contributed by atoms with E-state index in [9.17, 15) is 10.2 Å². The van der Waals surface area contributed by atoms with Gasteiger partial charge in [-0.2, -0.15) is 0 Å². The molecule has 192 valence electrons. The number of hydrogen-bond donors (Lipinski definition) is 0. The molecule has 0 atom stereocenters. The van der Waals surface area contributed by atoms with Gasteiger partial charge in [0.05, 0.1) is 13.1 Å². The van der Waals surface area contributed by atoms with Crippen LogP contribution in [0.4, 0.5) is 0 Å². The van der Waals surface area contributed by atoms with Gasteiger partial charge in [-0.25, -0.2) is 0 Å². The van der Waals surface area contributed by atoms with Crippen LogP contribution in [-0.4, -0.2) is 11.4 Å². The Hall–Kier alpha value is -4.08. The quantitative estimate of drug-likeness (QED) is 0.147. The SMILES string of the molecule is CC(/C=C(\[O-])c1ccccc1)=NCc1ccccc1.CC(/C=C(\[O-])c1ccccc1)=NCc1ccccc1.[Zn+2]. The Kier molecular flexibility index (Phi) is 13.9. The molecule has 0 unspecified atom stereocenters. The average molecular weight is 566 g/mol. The van der Waals surface area contributed by atoms with Gasteiger partial charge in [0.25, 0.3) is 0 Å². The normalized spacial score (nSPS) is 12.2. The first-order valence-electron chi connectivity index (χ1n) is 12.5. The second kappa shape index (κ2) is 17.4. The summed E-state index contributed by atoms with van der Waals surface area (Å²) in [5.74, 6) is -0.00942. The van der Waals surface area contributed by atoms with E-state index in [2.05, 4.69) is 9.98 Å². The van der Waals surface area contributed by atoms with Gasteiger partial charge in [0.2, 0.25) is 0 Å². The zero-order valence-electron chi connectivity index (χ0n) is 22.5. The number of hydrogen-bond acceptors (Lipinski definition) is 4. The van der Waals surface area contributed by atoms with Gasteiger partial charge in [-0.05, 0) is 48.3 Å². The maximum atomic E-state index is 11.9. The van der Waals surface area contributed by atoms with Crippen LogP contribution in [0.1, 0.15) is 36.1 Å². The minimum Gasteiger partial charge on any atom is -0.872 e. The summed E-state index contributed by atoms with van der Waals surface area (Å²) in [5, 5.41) is 23.9. The number of benzene rings is 4. The van der Waals surface area contributed by atoms with Crippen molar-refractivity contribution in [3.8, 4) is 0 Å². The smallest absolute Gasteiger partial charge is 0.872 e. The molecule has 4 aromatic carbocycles. The Labute approximate surface area is 244 Å². The summed E-state index contributed by atoms with van der Waals surface area (Å²) in [6.45, 7) is 4.91. The summed E-state index contributed by atoms with van der Waals surface area (Å²) in [4.78, 5) is 8.80. The van der Waals surface area contributed by atoms with Crippen molar-refractivity contribution in [2.75, 3.05) is 0 Å². The van der Waals surface area contributed by atoms with E-state index in [4.69, 9.17) is 0 Å². The first-order valence-corrected chi connectivity index (χ1v) is 12.5. The van der Waals surface area contributed by atoms with Crippen LogP contribution in [-0.2, 0) is 32.6 Å². The molecule has 0 aliphatic rings. The van der Waals surface area contributed by atoms with Crippen molar-refractivity contribution in [1.29, 1.82) is 0 Å². The van der Waals surface area contributed by atoms with Crippen molar-refractivity contribution in [2.45, 2.75) is 26.9 Å². The van der Waals surface area contributed by atoms with E-state index in [1.54, 1.807) is 12.2 Å². The second-order valence-corrected chi connectivity index (χ2v) is 8.64. The third-order valence-electron chi connectivity index (χ3n) is 5.50. The third-order valence-corrected chi connectivity index (χ3v) is 5.50. The number of rotatable bonds is 8. The van der Waals surface area contributed by atoms with Gasteiger partial charge in [0.1, 0.15) is 0 Å². The first-order chi connectivity index (χ1) is 18.5. The molecule has 0 saturated carbocycles. The summed E-state index contributed by atoms with van der Waals surface area (Å²) in [7, 11) is 0. The van der Waals surface area contributed by atoms with Crippen molar-refractivity contribution in [3.63, 3.8) is 0 Å². The average Bonchev–Trinajstić information content (AvgIpc) is 2.97.